The van der Waals surface area contributed by atoms with Crippen LogP contribution in [-0.2, 0) is 16.0 Å². The topological polar surface area (TPSA) is 82.4 Å². The van der Waals surface area contributed by atoms with Crippen LogP contribution < -0.4 is 15.0 Å². The van der Waals surface area contributed by atoms with Gasteiger partial charge in [-0.25, -0.2) is 0 Å². The molecule has 1 heterocycles. The number of rotatable bonds is 7. The van der Waals surface area contributed by atoms with Gasteiger partial charge in [0, 0.05) is 5.69 Å². The Labute approximate surface area is 209 Å². The second kappa shape index (κ2) is 10.9. The monoisotopic (exact) mass is 483 g/mol. The van der Waals surface area contributed by atoms with Crippen LogP contribution in [0.5, 0.6) is 5.75 Å². The third-order valence-corrected chi connectivity index (χ3v) is 7.01. The van der Waals surface area contributed by atoms with Crippen LogP contribution >= 0.6 is 11.8 Å². The predicted octanol–water partition coefficient (Wildman–Crippen LogP) is 5.00. The van der Waals surface area contributed by atoms with E-state index in [2.05, 4.69) is 11.4 Å². The molecular formula is C28H25N3O3S. The molecule has 2 atom stereocenters. The Kier molecular flexibility index (Phi) is 7.54. The van der Waals surface area contributed by atoms with Crippen LogP contribution in [0.1, 0.15) is 24.1 Å². The average molecular weight is 484 g/mol. The highest BCUT2D eigenvalue weighted by Crippen LogP contribution is 2.42. The summed E-state index contributed by atoms with van der Waals surface area (Å²) in [6.07, 6.45) is 0.487. The quantitative estimate of drug-likeness (QED) is 0.378. The molecule has 35 heavy (non-hydrogen) atoms. The molecule has 0 saturated carbocycles. The maximum atomic E-state index is 13.6. The van der Waals surface area contributed by atoms with Crippen LogP contribution in [0.25, 0.3) is 0 Å². The lowest BCUT2D eigenvalue weighted by molar-refractivity contribution is -0.117. The van der Waals surface area contributed by atoms with Gasteiger partial charge in [0.15, 0.2) is 0 Å². The van der Waals surface area contributed by atoms with Crippen LogP contribution in [-0.4, -0.2) is 24.2 Å². The lowest BCUT2D eigenvalue weighted by Gasteiger charge is -2.20. The zero-order valence-corrected chi connectivity index (χ0v) is 20.3. The lowest BCUT2D eigenvalue weighted by Crippen LogP contribution is -2.32. The first-order valence-electron chi connectivity index (χ1n) is 11.2. The maximum absolute atomic E-state index is 13.6. The Hall–Kier alpha value is -4.02. The Bertz CT molecular complexity index is 1270. The Morgan fingerprint density at radius 1 is 1.06 bits per heavy atom. The van der Waals surface area contributed by atoms with Crippen molar-refractivity contribution in [2.45, 2.75) is 24.6 Å². The predicted molar refractivity (Wildman–Crippen MR) is 138 cm³/mol. The maximum Gasteiger partial charge on any atom is 0.265 e. The van der Waals surface area contributed by atoms with E-state index in [4.69, 9.17) is 4.74 Å². The molecule has 6 nitrogen and oxygen atoms in total. The normalized spacial score (nSPS) is 17.5. The summed E-state index contributed by atoms with van der Waals surface area (Å²) in [5.41, 5.74) is 2.42. The molecule has 3 aromatic rings. The number of amides is 2. The van der Waals surface area contributed by atoms with Crippen molar-refractivity contribution < 1.29 is 14.3 Å². The summed E-state index contributed by atoms with van der Waals surface area (Å²) >= 11 is 1.25. The van der Waals surface area contributed by atoms with Crippen molar-refractivity contribution in [1.29, 1.82) is 5.26 Å². The lowest BCUT2D eigenvalue weighted by atomic mass is 10.1. The molecule has 0 aromatic heterocycles. The van der Waals surface area contributed by atoms with Gasteiger partial charge in [-0.2, -0.15) is 5.26 Å². The minimum Gasteiger partial charge on any atom is -0.497 e. The van der Waals surface area contributed by atoms with Crippen LogP contribution in [0, 0.1) is 11.3 Å². The van der Waals surface area contributed by atoms with Crippen molar-refractivity contribution in [2.75, 3.05) is 12.0 Å². The fraction of sp³-hybridized carbons (Fsp3) is 0.179. The first kappa shape index (κ1) is 24.1. The van der Waals surface area contributed by atoms with Gasteiger partial charge >= 0.3 is 0 Å². The largest absolute Gasteiger partial charge is 0.497 e. The summed E-state index contributed by atoms with van der Waals surface area (Å²) < 4.78 is 5.24. The molecule has 4 rings (SSSR count). The molecule has 176 valence electrons. The minimum atomic E-state index is -0.516. The number of hydrogen-bond acceptors (Lipinski definition) is 5. The second-order valence-electron chi connectivity index (χ2n) is 8.07. The standard InChI is InChI=1S/C28H25N3O3S/c1-19(21-11-7-4-8-12-21)30-26(32)24(18-29)28-31(22-13-15-23(34-2)16-14-22)27(33)25(35-28)17-20-9-5-3-6-10-20/h3-16,19,25H,17H2,1-2H3,(H,30,32)/b28-24-. The summed E-state index contributed by atoms with van der Waals surface area (Å²) in [5, 5.41) is 12.8. The molecule has 0 radical (unpaired) electrons. The van der Waals surface area contributed by atoms with Gasteiger partial charge in [-0.15, -0.1) is 0 Å². The zero-order valence-electron chi connectivity index (χ0n) is 19.5. The Balaban J connectivity index is 1.69. The summed E-state index contributed by atoms with van der Waals surface area (Å²) in [6.45, 7) is 1.86. The van der Waals surface area contributed by atoms with Gasteiger partial charge in [0.1, 0.15) is 22.4 Å². The van der Waals surface area contributed by atoms with Gasteiger partial charge in [-0.3, -0.25) is 14.5 Å². The van der Waals surface area contributed by atoms with Crippen molar-refractivity contribution in [3.63, 3.8) is 0 Å². The van der Waals surface area contributed by atoms with Gasteiger partial charge in [0.2, 0.25) is 5.91 Å². The first-order chi connectivity index (χ1) is 17.0. The molecule has 3 aromatic carbocycles. The SMILES string of the molecule is COc1ccc(N2C(=O)C(Cc3ccccc3)S/C2=C(/C#N)C(=O)NC(C)c2ccccc2)cc1. The minimum absolute atomic E-state index is 0.0856. The van der Waals surface area contributed by atoms with E-state index >= 15 is 0 Å². The van der Waals surface area contributed by atoms with Crippen LogP contribution in [0.3, 0.4) is 0 Å². The number of nitriles is 1. The number of carbonyl (C=O) groups excluding carboxylic acids is 2. The average Bonchev–Trinajstić information content (AvgIpc) is 3.20. The second-order valence-corrected chi connectivity index (χ2v) is 9.26. The molecule has 0 aliphatic carbocycles. The number of thioether (sulfide) groups is 1. The molecular weight excluding hydrogens is 458 g/mol. The molecule has 7 heteroatoms. The third kappa shape index (κ3) is 5.39. The van der Waals surface area contributed by atoms with Crippen molar-refractivity contribution in [3.8, 4) is 11.8 Å². The zero-order chi connectivity index (χ0) is 24.8. The highest BCUT2D eigenvalue weighted by atomic mass is 32.2. The van der Waals surface area contributed by atoms with Gasteiger partial charge < -0.3 is 10.1 Å². The molecule has 1 saturated heterocycles. The van der Waals surface area contributed by atoms with Crippen LogP contribution in [0.2, 0.25) is 0 Å². The van der Waals surface area contributed by atoms with Crippen molar-refractivity contribution in [2.24, 2.45) is 0 Å². The summed E-state index contributed by atoms with van der Waals surface area (Å²) in [5.74, 6) is -0.0388. The molecule has 1 aliphatic rings. The van der Waals surface area contributed by atoms with E-state index in [9.17, 15) is 14.9 Å². The third-order valence-electron chi connectivity index (χ3n) is 5.75. The number of methoxy groups -OCH3 is 1. The Morgan fingerprint density at radius 3 is 2.29 bits per heavy atom. The van der Waals surface area contributed by atoms with Gasteiger partial charge in [0.05, 0.1) is 18.4 Å². The van der Waals surface area contributed by atoms with Crippen molar-refractivity contribution in [3.05, 3.63) is 107 Å². The smallest absolute Gasteiger partial charge is 0.265 e. The molecule has 1 fully saturated rings. The fourth-order valence-electron chi connectivity index (χ4n) is 3.88. The van der Waals surface area contributed by atoms with E-state index in [1.54, 1.807) is 31.4 Å². The molecule has 0 spiro atoms. The molecule has 1 N–H and O–H groups in total. The number of carbonyl (C=O) groups is 2. The first-order valence-corrected chi connectivity index (χ1v) is 12.1. The number of hydrogen-bond donors (Lipinski definition) is 1. The van der Waals surface area contributed by atoms with Gasteiger partial charge in [0.25, 0.3) is 5.91 Å². The summed E-state index contributed by atoms with van der Waals surface area (Å²) in [4.78, 5) is 28.3. The van der Waals surface area contributed by atoms with Crippen LogP contribution in [0.15, 0.2) is 95.5 Å². The van der Waals surface area contributed by atoms with Crippen LogP contribution in [0.4, 0.5) is 5.69 Å². The van der Waals surface area contributed by atoms with E-state index in [1.165, 1.54) is 16.7 Å². The Morgan fingerprint density at radius 2 is 1.69 bits per heavy atom. The molecule has 1 aliphatic heterocycles. The molecule has 2 amide bonds. The van der Waals surface area contributed by atoms with Crippen molar-refractivity contribution >= 4 is 29.3 Å². The fourth-order valence-corrected chi connectivity index (χ4v) is 5.18. The number of benzene rings is 3. The number of ether oxygens (including phenoxy) is 1. The van der Waals surface area contributed by atoms with E-state index < -0.39 is 11.2 Å². The molecule has 0 bridgehead atoms. The van der Waals surface area contributed by atoms with E-state index in [1.807, 2.05) is 67.6 Å². The number of nitrogens with one attached hydrogen (secondary N) is 1. The summed E-state index contributed by atoms with van der Waals surface area (Å²) in [7, 11) is 1.57. The van der Waals surface area contributed by atoms with E-state index in [0.717, 1.165) is 11.1 Å². The summed E-state index contributed by atoms with van der Waals surface area (Å²) in [6, 6.07) is 28.0. The molecule has 2 unspecified atom stereocenters. The van der Waals surface area contributed by atoms with Crippen molar-refractivity contribution in [1.82, 2.24) is 5.32 Å². The van der Waals surface area contributed by atoms with Gasteiger partial charge in [-0.05, 0) is 48.7 Å². The van der Waals surface area contributed by atoms with E-state index in [0.29, 0.717) is 22.9 Å². The highest BCUT2D eigenvalue weighted by molar-refractivity contribution is 8.05. The highest BCUT2D eigenvalue weighted by Gasteiger charge is 2.41. The number of nitrogens with zero attached hydrogens (tertiary/aromatic N) is 2. The van der Waals surface area contributed by atoms with Gasteiger partial charge in [-0.1, -0.05) is 72.4 Å². The number of anilines is 1. The van der Waals surface area contributed by atoms with E-state index in [-0.39, 0.29) is 17.5 Å².